The lowest BCUT2D eigenvalue weighted by molar-refractivity contribution is 0.125. The van der Waals surface area contributed by atoms with Crippen molar-refractivity contribution in [2.24, 2.45) is 0 Å². The normalized spacial score (nSPS) is 13.5. The fourth-order valence-electron chi connectivity index (χ4n) is 1.67. The van der Waals surface area contributed by atoms with E-state index < -0.39 is 0 Å². The van der Waals surface area contributed by atoms with Gasteiger partial charge >= 0.3 is 0 Å². The third-order valence-corrected chi connectivity index (χ3v) is 2.47. The van der Waals surface area contributed by atoms with Crippen molar-refractivity contribution in [3.05, 3.63) is 0 Å². The van der Waals surface area contributed by atoms with Crippen molar-refractivity contribution in [2.75, 3.05) is 20.6 Å². The molecule has 0 heterocycles. The van der Waals surface area contributed by atoms with Gasteiger partial charge in [-0.25, -0.2) is 0 Å². The molecule has 0 aliphatic carbocycles. The van der Waals surface area contributed by atoms with E-state index in [1.54, 1.807) is 0 Å². The van der Waals surface area contributed by atoms with Crippen LogP contribution in [-0.4, -0.2) is 36.8 Å². The maximum atomic E-state index is 9.58. The number of hydrogen-bond donors (Lipinski definition) is 1. The van der Waals surface area contributed by atoms with E-state index >= 15 is 0 Å². The average molecular weight is 201 g/mol. The standard InChI is InChI=1S/C12H27NO/c1-4-5-6-7-8-9-10-12(14)11-13(2)3/h12,14H,4-11H2,1-3H3/t12-/m1/s1. The largest absolute Gasteiger partial charge is 0.392 e. The van der Waals surface area contributed by atoms with Crippen molar-refractivity contribution in [1.82, 2.24) is 4.90 Å². The SMILES string of the molecule is CCCCCCCC[C@@H](O)CN(C)C. The molecular formula is C12H27NO. The van der Waals surface area contributed by atoms with Gasteiger partial charge in [0.25, 0.3) is 0 Å². The van der Waals surface area contributed by atoms with Crippen LogP contribution in [0.4, 0.5) is 0 Å². The Hall–Kier alpha value is -0.0800. The van der Waals surface area contributed by atoms with Gasteiger partial charge in [0.15, 0.2) is 0 Å². The van der Waals surface area contributed by atoms with Crippen LogP contribution in [0.25, 0.3) is 0 Å². The molecule has 0 fully saturated rings. The Kier molecular flexibility index (Phi) is 9.42. The predicted molar refractivity (Wildman–Crippen MR) is 62.6 cm³/mol. The zero-order chi connectivity index (χ0) is 10.8. The molecule has 0 bridgehead atoms. The van der Waals surface area contributed by atoms with Gasteiger partial charge < -0.3 is 10.0 Å². The smallest absolute Gasteiger partial charge is 0.0666 e. The van der Waals surface area contributed by atoms with Crippen LogP contribution in [0.2, 0.25) is 0 Å². The van der Waals surface area contributed by atoms with Gasteiger partial charge in [-0.1, -0.05) is 45.4 Å². The summed E-state index contributed by atoms with van der Waals surface area (Å²) in [5.41, 5.74) is 0. The molecule has 0 aromatic carbocycles. The first-order valence-corrected chi connectivity index (χ1v) is 5.99. The van der Waals surface area contributed by atoms with Crippen molar-refractivity contribution in [3.63, 3.8) is 0 Å². The fourth-order valence-corrected chi connectivity index (χ4v) is 1.67. The molecule has 0 aromatic heterocycles. The van der Waals surface area contributed by atoms with E-state index in [9.17, 15) is 5.11 Å². The van der Waals surface area contributed by atoms with Gasteiger partial charge in [-0.05, 0) is 20.5 Å². The number of rotatable bonds is 9. The summed E-state index contributed by atoms with van der Waals surface area (Å²) in [6.07, 6.45) is 8.66. The molecule has 0 rings (SSSR count). The van der Waals surface area contributed by atoms with Gasteiger partial charge in [-0.2, -0.15) is 0 Å². The number of unbranched alkanes of at least 4 members (excludes halogenated alkanes) is 5. The molecule has 0 unspecified atom stereocenters. The van der Waals surface area contributed by atoms with Crippen LogP contribution in [0.5, 0.6) is 0 Å². The maximum Gasteiger partial charge on any atom is 0.0666 e. The zero-order valence-corrected chi connectivity index (χ0v) is 10.1. The zero-order valence-electron chi connectivity index (χ0n) is 10.1. The van der Waals surface area contributed by atoms with E-state index in [4.69, 9.17) is 0 Å². The lowest BCUT2D eigenvalue weighted by atomic mass is 10.1. The van der Waals surface area contributed by atoms with Crippen molar-refractivity contribution < 1.29 is 5.11 Å². The van der Waals surface area contributed by atoms with Crippen LogP contribution in [0.1, 0.15) is 51.9 Å². The van der Waals surface area contributed by atoms with Crippen LogP contribution < -0.4 is 0 Å². The molecule has 0 radical (unpaired) electrons. The second-order valence-corrected chi connectivity index (χ2v) is 4.47. The van der Waals surface area contributed by atoms with Gasteiger partial charge in [0.1, 0.15) is 0 Å². The molecule has 1 N–H and O–H groups in total. The number of aliphatic hydroxyl groups is 1. The van der Waals surface area contributed by atoms with Crippen LogP contribution in [0.3, 0.4) is 0 Å². The third kappa shape index (κ3) is 10.0. The first kappa shape index (κ1) is 13.9. The Labute approximate surface area is 89.3 Å². The Morgan fingerprint density at radius 1 is 1.00 bits per heavy atom. The molecule has 2 heteroatoms. The highest BCUT2D eigenvalue weighted by Crippen LogP contribution is 2.08. The molecule has 86 valence electrons. The number of likely N-dealkylation sites (N-methyl/N-ethyl adjacent to an activating group) is 1. The second-order valence-electron chi connectivity index (χ2n) is 4.47. The first-order chi connectivity index (χ1) is 6.66. The minimum Gasteiger partial charge on any atom is -0.392 e. The molecule has 0 amide bonds. The fraction of sp³-hybridized carbons (Fsp3) is 1.00. The van der Waals surface area contributed by atoms with Gasteiger partial charge in [-0.3, -0.25) is 0 Å². The summed E-state index contributed by atoms with van der Waals surface area (Å²) >= 11 is 0. The monoisotopic (exact) mass is 201 g/mol. The van der Waals surface area contributed by atoms with Crippen molar-refractivity contribution in [1.29, 1.82) is 0 Å². The lowest BCUT2D eigenvalue weighted by Crippen LogP contribution is -2.25. The van der Waals surface area contributed by atoms with E-state index in [-0.39, 0.29) is 6.10 Å². The molecular weight excluding hydrogens is 174 g/mol. The molecule has 0 spiro atoms. The summed E-state index contributed by atoms with van der Waals surface area (Å²) in [4.78, 5) is 2.04. The molecule has 2 nitrogen and oxygen atoms in total. The molecule has 1 atom stereocenters. The third-order valence-electron chi connectivity index (χ3n) is 2.47. The number of aliphatic hydroxyl groups excluding tert-OH is 1. The van der Waals surface area contributed by atoms with Gasteiger partial charge in [-0.15, -0.1) is 0 Å². The topological polar surface area (TPSA) is 23.5 Å². The summed E-state index contributed by atoms with van der Waals surface area (Å²) in [6, 6.07) is 0. The molecule has 0 saturated carbocycles. The summed E-state index contributed by atoms with van der Waals surface area (Å²) in [5.74, 6) is 0. The van der Waals surface area contributed by atoms with E-state index in [2.05, 4.69) is 6.92 Å². The first-order valence-electron chi connectivity index (χ1n) is 5.99. The minimum atomic E-state index is -0.129. The Morgan fingerprint density at radius 3 is 2.14 bits per heavy atom. The highest BCUT2D eigenvalue weighted by atomic mass is 16.3. The second kappa shape index (κ2) is 9.47. The van der Waals surface area contributed by atoms with Crippen molar-refractivity contribution in [2.45, 2.75) is 58.0 Å². The summed E-state index contributed by atoms with van der Waals surface area (Å²) < 4.78 is 0. The Bertz CT molecular complexity index is 115. The quantitative estimate of drug-likeness (QED) is 0.580. The van der Waals surface area contributed by atoms with Crippen molar-refractivity contribution in [3.8, 4) is 0 Å². The number of hydrogen-bond acceptors (Lipinski definition) is 2. The summed E-state index contributed by atoms with van der Waals surface area (Å²) in [7, 11) is 4.01. The van der Waals surface area contributed by atoms with E-state index in [0.717, 1.165) is 13.0 Å². The molecule has 0 saturated heterocycles. The molecule has 0 aliphatic heterocycles. The average Bonchev–Trinajstić information content (AvgIpc) is 2.10. The van der Waals surface area contributed by atoms with Crippen LogP contribution >= 0.6 is 0 Å². The van der Waals surface area contributed by atoms with Crippen LogP contribution in [-0.2, 0) is 0 Å². The van der Waals surface area contributed by atoms with E-state index in [1.807, 2.05) is 19.0 Å². The lowest BCUT2D eigenvalue weighted by Gasteiger charge is -2.15. The van der Waals surface area contributed by atoms with Gasteiger partial charge in [0.2, 0.25) is 0 Å². The van der Waals surface area contributed by atoms with Crippen LogP contribution in [0.15, 0.2) is 0 Å². The maximum absolute atomic E-state index is 9.58. The van der Waals surface area contributed by atoms with Crippen molar-refractivity contribution >= 4 is 0 Å². The molecule has 14 heavy (non-hydrogen) atoms. The highest BCUT2D eigenvalue weighted by molar-refractivity contribution is 4.58. The summed E-state index contributed by atoms with van der Waals surface area (Å²) in [6.45, 7) is 3.04. The summed E-state index contributed by atoms with van der Waals surface area (Å²) in [5, 5.41) is 9.58. The van der Waals surface area contributed by atoms with Gasteiger partial charge in [0.05, 0.1) is 6.10 Å². The van der Waals surface area contributed by atoms with Gasteiger partial charge in [0, 0.05) is 6.54 Å². The Morgan fingerprint density at radius 2 is 1.57 bits per heavy atom. The predicted octanol–water partition coefficient (Wildman–Crippen LogP) is 2.66. The Balaban J connectivity index is 3.10. The molecule has 0 aromatic rings. The minimum absolute atomic E-state index is 0.129. The van der Waals surface area contributed by atoms with E-state index in [0.29, 0.717) is 0 Å². The molecule has 0 aliphatic rings. The number of nitrogens with zero attached hydrogens (tertiary/aromatic N) is 1. The highest BCUT2D eigenvalue weighted by Gasteiger charge is 2.04. The van der Waals surface area contributed by atoms with Crippen LogP contribution in [0, 0.1) is 0 Å². The van der Waals surface area contributed by atoms with E-state index in [1.165, 1.54) is 38.5 Å².